The van der Waals surface area contributed by atoms with Crippen LogP contribution in [0.25, 0.3) is 0 Å². The van der Waals surface area contributed by atoms with Crippen molar-refractivity contribution in [2.75, 3.05) is 12.7 Å². The average Bonchev–Trinajstić information content (AvgIpc) is 1.72. The fraction of sp³-hybridized carbons (Fsp3) is 0.667. The zero-order valence-electron chi connectivity index (χ0n) is 3.44. The molecule has 1 rings (SSSR count). The molecule has 0 aliphatic carbocycles. The Bertz CT molecular complexity index is 53.8. The van der Waals surface area contributed by atoms with Gasteiger partial charge in [0.15, 0.2) is 0 Å². The van der Waals surface area contributed by atoms with Gasteiger partial charge in [0.2, 0.25) is 0 Å². The van der Waals surface area contributed by atoms with E-state index in [0.29, 0.717) is 0 Å². The Morgan fingerprint density at radius 2 is 2.83 bits per heavy atom. The van der Waals surface area contributed by atoms with Crippen molar-refractivity contribution in [3.8, 4) is 0 Å². The number of hydrazone groups is 1. The van der Waals surface area contributed by atoms with E-state index in [1.54, 1.807) is 0 Å². The maximum atomic E-state index is 3.81. The highest BCUT2D eigenvalue weighted by Crippen LogP contribution is 2.03. The number of hydrogen-bond acceptors (Lipinski definition) is 2. The Hall–Kier alpha value is -0.100. The predicted octanol–water partition coefficient (Wildman–Crippen LogP) is 0.211. The molecule has 1 heterocycles. The maximum absolute atomic E-state index is 3.81. The minimum atomic E-state index is 0.948. The standard InChI is InChI=1S/C3H7N2P/c1-2-6-3-5-4-1/h3-4,6H,1-2H2. The summed E-state index contributed by atoms with van der Waals surface area (Å²) in [6, 6.07) is 0. The molecular weight excluding hydrogens is 95.0 g/mol. The Balaban J connectivity index is 2.26. The third kappa shape index (κ3) is 0.942. The smallest absolute Gasteiger partial charge is 0.0443 e. The van der Waals surface area contributed by atoms with Gasteiger partial charge in [-0.2, -0.15) is 5.10 Å². The molecule has 3 heteroatoms. The van der Waals surface area contributed by atoms with E-state index in [1.807, 2.05) is 5.96 Å². The van der Waals surface area contributed by atoms with Gasteiger partial charge in [0.1, 0.15) is 0 Å². The van der Waals surface area contributed by atoms with E-state index in [-0.39, 0.29) is 0 Å². The van der Waals surface area contributed by atoms with Gasteiger partial charge in [-0.25, -0.2) is 0 Å². The van der Waals surface area contributed by atoms with Crippen LogP contribution in [0.15, 0.2) is 5.10 Å². The zero-order chi connectivity index (χ0) is 4.24. The molecule has 0 saturated heterocycles. The molecule has 1 unspecified atom stereocenters. The molecule has 0 aromatic rings. The minimum Gasteiger partial charge on any atom is -0.310 e. The summed E-state index contributed by atoms with van der Waals surface area (Å²) in [6.45, 7) is 1.06. The van der Waals surface area contributed by atoms with Crippen molar-refractivity contribution in [2.45, 2.75) is 0 Å². The number of hydrogen-bond donors (Lipinski definition) is 1. The summed E-state index contributed by atoms with van der Waals surface area (Å²) in [7, 11) is 0.948. The van der Waals surface area contributed by atoms with Crippen LogP contribution in [0.4, 0.5) is 0 Å². The quantitative estimate of drug-likeness (QED) is 0.434. The van der Waals surface area contributed by atoms with Gasteiger partial charge in [-0.15, -0.1) is 0 Å². The third-order valence-corrected chi connectivity index (χ3v) is 1.48. The van der Waals surface area contributed by atoms with Crippen LogP contribution in [-0.4, -0.2) is 18.7 Å². The normalized spacial score (nSPS) is 24.0. The number of nitrogens with zero attached hydrogens (tertiary/aromatic N) is 1. The Labute approximate surface area is 38.8 Å². The van der Waals surface area contributed by atoms with Crippen LogP contribution in [0.3, 0.4) is 0 Å². The zero-order valence-corrected chi connectivity index (χ0v) is 4.44. The van der Waals surface area contributed by atoms with Crippen molar-refractivity contribution in [3.05, 3.63) is 0 Å². The molecule has 1 aliphatic rings. The number of nitrogens with one attached hydrogen (secondary N) is 1. The molecule has 1 aliphatic heterocycles. The lowest BCUT2D eigenvalue weighted by atomic mass is 10.8. The van der Waals surface area contributed by atoms with Crippen molar-refractivity contribution in [1.29, 1.82) is 0 Å². The summed E-state index contributed by atoms with van der Waals surface area (Å²) in [5.74, 6) is 1.93. The van der Waals surface area contributed by atoms with Crippen LogP contribution in [0.2, 0.25) is 0 Å². The van der Waals surface area contributed by atoms with Crippen molar-refractivity contribution >= 4 is 14.5 Å². The fourth-order valence-corrected chi connectivity index (χ4v) is 0.916. The minimum absolute atomic E-state index is 0.948. The van der Waals surface area contributed by atoms with Crippen LogP contribution in [0.1, 0.15) is 0 Å². The van der Waals surface area contributed by atoms with Gasteiger partial charge in [0.25, 0.3) is 0 Å². The van der Waals surface area contributed by atoms with Gasteiger partial charge in [-0.05, 0) is 6.16 Å². The second-order valence-electron chi connectivity index (χ2n) is 1.12. The first-order valence-corrected chi connectivity index (χ1v) is 3.26. The van der Waals surface area contributed by atoms with Gasteiger partial charge in [-0.3, -0.25) is 0 Å². The van der Waals surface area contributed by atoms with E-state index in [0.717, 1.165) is 15.1 Å². The van der Waals surface area contributed by atoms with Crippen LogP contribution >= 0.6 is 8.58 Å². The first-order valence-electron chi connectivity index (χ1n) is 1.98. The van der Waals surface area contributed by atoms with E-state index >= 15 is 0 Å². The second-order valence-corrected chi connectivity index (χ2v) is 2.29. The summed E-state index contributed by atoms with van der Waals surface area (Å²) in [6.07, 6.45) is 1.27. The Kier molecular flexibility index (Phi) is 1.45. The first-order chi connectivity index (χ1) is 3.00. The Morgan fingerprint density at radius 3 is 3.00 bits per heavy atom. The summed E-state index contributed by atoms with van der Waals surface area (Å²) in [5.41, 5.74) is 2.86. The van der Waals surface area contributed by atoms with Crippen LogP contribution in [-0.2, 0) is 0 Å². The average molecular weight is 102 g/mol. The van der Waals surface area contributed by atoms with Crippen molar-refractivity contribution in [3.63, 3.8) is 0 Å². The van der Waals surface area contributed by atoms with Crippen molar-refractivity contribution in [2.24, 2.45) is 5.10 Å². The second kappa shape index (κ2) is 2.14. The molecule has 0 saturated carbocycles. The molecule has 0 fully saturated rings. The fourth-order valence-electron chi connectivity index (χ4n) is 0.348. The highest BCUT2D eigenvalue weighted by molar-refractivity contribution is 7.55. The van der Waals surface area contributed by atoms with Gasteiger partial charge in [0.05, 0.1) is 0 Å². The number of rotatable bonds is 0. The lowest BCUT2D eigenvalue weighted by molar-refractivity contribution is 0.789. The SMILES string of the molecule is C1=NNCCP1. The molecule has 0 spiro atoms. The largest absolute Gasteiger partial charge is 0.310 e. The van der Waals surface area contributed by atoms with E-state index in [9.17, 15) is 0 Å². The van der Waals surface area contributed by atoms with Gasteiger partial charge in [0, 0.05) is 12.5 Å². The van der Waals surface area contributed by atoms with E-state index in [4.69, 9.17) is 0 Å². The monoisotopic (exact) mass is 102 g/mol. The van der Waals surface area contributed by atoms with Crippen LogP contribution in [0, 0.1) is 0 Å². The molecule has 0 bridgehead atoms. The molecule has 2 nitrogen and oxygen atoms in total. The maximum Gasteiger partial charge on any atom is 0.0443 e. The summed E-state index contributed by atoms with van der Waals surface area (Å²) < 4.78 is 0. The van der Waals surface area contributed by atoms with Gasteiger partial charge in [-0.1, -0.05) is 8.58 Å². The molecule has 0 aromatic heterocycles. The van der Waals surface area contributed by atoms with Gasteiger partial charge >= 0.3 is 0 Å². The van der Waals surface area contributed by atoms with Crippen molar-refractivity contribution in [1.82, 2.24) is 5.43 Å². The third-order valence-electron chi connectivity index (χ3n) is 0.628. The van der Waals surface area contributed by atoms with E-state index in [1.165, 1.54) is 6.16 Å². The summed E-state index contributed by atoms with van der Waals surface area (Å²) in [5, 5.41) is 3.81. The molecule has 6 heavy (non-hydrogen) atoms. The molecule has 1 atom stereocenters. The molecule has 34 valence electrons. The molecule has 1 N–H and O–H groups in total. The highest BCUT2D eigenvalue weighted by Gasteiger charge is 1.85. The summed E-state index contributed by atoms with van der Waals surface area (Å²) >= 11 is 0. The molecular formula is C3H7N2P. The Morgan fingerprint density at radius 1 is 1.83 bits per heavy atom. The highest BCUT2D eigenvalue weighted by atomic mass is 31.1. The lowest BCUT2D eigenvalue weighted by Gasteiger charge is -2.01. The predicted molar refractivity (Wildman–Crippen MR) is 29.7 cm³/mol. The molecule has 0 radical (unpaired) electrons. The van der Waals surface area contributed by atoms with E-state index in [2.05, 4.69) is 10.5 Å². The van der Waals surface area contributed by atoms with Gasteiger partial charge < -0.3 is 5.43 Å². The van der Waals surface area contributed by atoms with Crippen molar-refractivity contribution < 1.29 is 0 Å². The topological polar surface area (TPSA) is 24.4 Å². The molecule has 0 aromatic carbocycles. The first kappa shape index (κ1) is 4.07. The summed E-state index contributed by atoms with van der Waals surface area (Å²) in [4.78, 5) is 0. The van der Waals surface area contributed by atoms with Crippen LogP contribution < -0.4 is 5.43 Å². The van der Waals surface area contributed by atoms with Crippen LogP contribution in [0.5, 0.6) is 0 Å². The van der Waals surface area contributed by atoms with E-state index < -0.39 is 0 Å². The lowest BCUT2D eigenvalue weighted by Crippen LogP contribution is -2.12. The molecule has 0 amide bonds.